The van der Waals surface area contributed by atoms with Crippen molar-refractivity contribution in [2.45, 2.75) is 6.92 Å². The summed E-state index contributed by atoms with van der Waals surface area (Å²) in [5, 5.41) is 8.94. The zero-order valence-corrected chi connectivity index (χ0v) is 7.36. The first-order chi connectivity index (χ1) is 5.69. The summed E-state index contributed by atoms with van der Waals surface area (Å²) in [6.07, 6.45) is 0. The van der Waals surface area contributed by atoms with Gasteiger partial charge in [0.05, 0.1) is 6.54 Å². The average Bonchev–Trinajstić information content (AvgIpc) is 2.45. The van der Waals surface area contributed by atoms with Crippen LogP contribution in [0.4, 0.5) is 0 Å². The summed E-state index contributed by atoms with van der Waals surface area (Å²) in [5.41, 5.74) is 5.23. The van der Waals surface area contributed by atoms with E-state index in [1.165, 1.54) is 0 Å². The summed E-state index contributed by atoms with van der Waals surface area (Å²) in [7, 11) is 0. The topological polar surface area (TPSA) is 66.6 Å². The molecule has 0 radical (unpaired) electrons. The lowest BCUT2D eigenvalue weighted by Crippen LogP contribution is -2.34. The van der Waals surface area contributed by atoms with E-state index in [4.69, 9.17) is 10.8 Å². The van der Waals surface area contributed by atoms with E-state index in [0.717, 1.165) is 6.54 Å². The molecule has 1 heterocycles. The maximum atomic E-state index is 11.1. The summed E-state index contributed by atoms with van der Waals surface area (Å²) in [6.45, 7) is 3.68. The van der Waals surface area contributed by atoms with Crippen LogP contribution in [0, 0.1) is 11.8 Å². The van der Waals surface area contributed by atoms with Gasteiger partial charge < -0.3 is 15.7 Å². The highest BCUT2D eigenvalue weighted by atomic mass is 16.3. The molecule has 12 heavy (non-hydrogen) atoms. The highest BCUT2D eigenvalue weighted by Crippen LogP contribution is 2.21. The second-order valence-electron chi connectivity index (χ2n) is 3.42. The van der Waals surface area contributed by atoms with Crippen LogP contribution in [0.25, 0.3) is 0 Å². The van der Waals surface area contributed by atoms with E-state index >= 15 is 0 Å². The lowest BCUT2D eigenvalue weighted by atomic mass is 10.00. The van der Waals surface area contributed by atoms with E-state index in [1.54, 1.807) is 4.90 Å². The first-order valence-electron chi connectivity index (χ1n) is 4.27. The van der Waals surface area contributed by atoms with Gasteiger partial charge in [-0.3, -0.25) is 4.79 Å². The molecule has 0 aromatic rings. The van der Waals surface area contributed by atoms with Crippen LogP contribution in [-0.2, 0) is 4.79 Å². The van der Waals surface area contributed by atoms with Crippen molar-refractivity contribution in [2.75, 3.05) is 26.2 Å². The Morgan fingerprint density at radius 1 is 1.67 bits per heavy atom. The molecule has 0 aromatic heterocycles. The number of nitrogens with zero attached hydrogens (tertiary/aromatic N) is 1. The van der Waals surface area contributed by atoms with Crippen molar-refractivity contribution in [1.29, 1.82) is 0 Å². The number of nitrogens with two attached hydrogens (primary N) is 1. The molecule has 0 saturated carbocycles. The quantitative estimate of drug-likeness (QED) is 0.563. The Hall–Kier alpha value is -0.610. The van der Waals surface area contributed by atoms with Gasteiger partial charge in [0.15, 0.2) is 0 Å². The fraction of sp³-hybridized carbons (Fsp3) is 0.875. The van der Waals surface area contributed by atoms with E-state index in [9.17, 15) is 4.79 Å². The number of rotatable bonds is 2. The number of hydrogen-bond donors (Lipinski definition) is 2. The first-order valence-corrected chi connectivity index (χ1v) is 4.27. The highest BCUT2D eigenvalue weighted by Gasteiger charge is 2.30. The molecule has 1 amide bonds. The molecule has 3 N–H and O–H groups in total. The molecule has 0 unspecified atom stereocenters. The van der Waals surface area contributed by atoms with Gasteiger partial charge in [-0.25, -0.2) is 0 Å². The summed E-state index contributed by atoms with van der Waals surface area (Å²) < 4.78 is 0. The smallest absolute Gasteiger partial charge is 0.236 e. The van der Waals surface area contributed by atoms with Gasteiger partial charge >= 0.3 is 0 Å². The number of carbonyl (C=O) groups is 1. The molecule has 1 aliphatic rings. The molecule has 1 fully saturated rings. The Balaban J connectivity index is 2.48. The van der Waals surface area contributed by atoms with Crippen LogP contribution in [0.1, 0.15) is 6.92 Å². The Kier molecular flexibility index (Phi) is 3.05. The van der Waals surface area contributed by atoms with Gasteiger partial charge in [-0.1, -0.05) is 6.92 Å². The third-order valence-electron chi connectivity index (χ3n) is 2.53. The molecular formula is C8H16N2O2. The minimum absolute atomic E-state index is 0.0159. The van der Waals surface area contributed by atoms with Gasteiger partial charge in [-0.15, -0.1) is 0 Å². The van der Waals surface area contributed by atoms with E-state index in [2.05, 4.69) is 0 Å². The van der Waals surface area contributed by atoms with Crippen molar-refractivity contribution in [1.82, 2.24) is 4.90 Å². The summed E-state index contributed by atoms with van der Waals surface area (Å²) in [4.78, 5) is 12.9. The highest BCUT2D eigenvalue weighted by molar-refractivity contribution is 5.78. The molecule has 0 aromatic carbocycles. The minimum atomic E-state index is -0.0159. The van der Waals surface area contributed by atoms with Crippen LogP contribution < -0.4 is 5.73 Å². The summed E-state index contributed by atoms with van der Waals surface area (Å²) >= 11 is 0. The largest absolute Gasteiger partial charge is 0.396 e. The fourth-order valence-corrected chi connectivity index (χ4v) is 1.60. The van der Waals surface area contributed by atoms with E-state index in [-0.39, 0.29) is 25.0 Å². The predicted molar refractivity (Wildman–Crippen MR) is 45.4 cm³/mol. The van der Waals surface area contributed by atoms with Gasteiger partial charge in [0.1, 0.15) is 0 Å². The van der Waals surface area contributed by atoms with E-state index < -0.39 is 0 Å². The van der Waals surface area contributed by atoms with Gasteiger partial charge in [0.25, 0.3) is 0 Å². The third-order valence-corrected chi connectivity index (χ3v) is 2.53. The third kappa shape index (κ3) is 1.76. The van der Waals surface area contributed by atoms with Crippen molar-refractivity contribution < 1.29 is 9.90 Å². The van der Waals surface area contributed by atoms with Crippen molar-refractivity contribution in [3.05, 3.63) is 0 Å². The standard InChI is InChI=1S/C8H16N2O2/c1-6-3-10(8(12)2-9)4-7(6)5-11/h6-7,11H,2-5,9H2,1H3/t6-,7-/m0/s1. The van der Waals surface area contributed by atoms with Crippen molar-refractivity contribution in [3.63, 3.8) is 0 Å². The summed E-state index contributed by atoms with van der Waals surface area (Å²) in [5.74, 6) is 0.615. The van der Waals surface area contributed by atoms with Crippen LogP contribution in [0.2, 0.25) is 0 Å². The minimum Gasteiger partial charge on any atom is -0.396 e. The lowest BCUT2D eigenvalue weighted by molar-refractivity contribution is -0.128. The van der Waals surface area contributed by atoms with Crippen molar-refractivity contribution >= 4 is 5.91 Å². The van der Waals surface area contributed by atoms with Crippen LogP contribution in [-0.4, -0.2) is 42.2 Å². The predicted octanol–water partition coefficient (Wildman–Crippen LogP) is -0.968. The van der Waals surface area contributed by atoms with E-state index in [1.807, 2.05) is 6.92 Å². The van der Waals surface area contributed by atoms with Crippen molar-refractivity contribution in [3.8, 4) is 0 Å². The second-order valence-corrected chi connectivity index (χ2v) is 3.42. The molecule has 1 aliphatic heterocycles. The number of carbonyl (C=O) groups excluding carboxylic acids is 1. The van der Waals surface area contributed by atoms with E-state index in [0.29, 0.717) is 12.5 Å². The van der Waals surface area contributed by atoms with Gasteiger partial charge in [-0.2, -0.15) is 0 Å². The Morgan fingerprint density at radius 3 is 2.75 bits per heavy atom. The van der Waals surface area contributed by atoms with Gasteiger partial charge in [0, 0.05) is 25.6 Å². The molecule has 1 rings (SSSR count). The maximum Gasteiger partial charge on any atom is 0.236 e. The molecule has 0 bridgehead atoms. The zero-order chi connectivity index (χ0) is 9.14. The Bertz CT molecular complexity index is 172. The number of likely N-dealkylation sites (tertiary alicyclic amines) is 1. The normalized spacial score (nSPS) is 29.4. The molecule has 4 heteroatoms. The SMILES string of the molecule is C[C@H]1CN(C(=O)CN)C[C@H]1CO. The molecule has 1 saturated heterocycles. The van der Waals surface area contributed by atoms with Gasteiger partial charge in [-0.05, 0) is 5.92 Å². The molecule has 0 aliphatic carbocycles. The molecular weight excluding hydrogens is 156 g/mol. The lowest BCUT2D eigenvalue weighted by Gasteiger charge is -2.14. The van der Waals surface area contributed by atoms with Gasteiger partial charge in [0.2, 0.25) is 5.91 Å². The maximum absolute atomic E-state index is 11.1. The first kappa shape index (κ1) is 9.48. The van der Waals surface area contributed by atoms with Crippen LogP contribution in [0.3, 0.4) is 0 Å². The fourth-order valence-electron chi connectivity index (χ4n) is 1.60. The number of amides is 1. The van der Waals surface area contributed by atoms with Crippen LogP contribution in [0.5, 0.6) is 0 Å². The van der Waals surface area contributed by atoms with Crippen LogP contribution in [0.15, 0.2) is 0 Å². The zero-order valence-electron chi connectivity index (χ0n) is 7.36. The second kappa shape index (κ2) is 3.87. The molecule has 2 atom stereocenters. The monoisotopic (exact) mass is 172 g/mol. The Labute approximate surface area is 72.3 Å². The summed E-state index contributed by atoms with van der Waals surface area (Å²) in [6, 6.07) is 0. The van der Waals surface area contributed by atoms with Crippen molar-refractivity contribution in [2.24, 2.45) is 17.6 Å². The number of aliphatic hydroxyl groups is 1. The molecule has 4 nitrogen and oxygen atoms in total. The number of aliphatic hydroxyl groups excluding tert-OH is 1. The Morgan fingerprint density at radius 2 is 2.33 bits per heavy atom. The molecule has 70 valence electrons. The molecule has 0 spiro atoms. The average molecular weight is 172 g/mol. The van der Waals surface area contributed by atoms with Crippen LogP contribution >= 0.6 is 0 Å². The number of hydrogen-bond acceptors (Lipinski definition) is 3.